The number of amides is 1. The van der Waals surface area contributed by atoms with Gasteiger partial charge in [-0.05, 0) is 30.2 Å². The number of hydrogen-bond donors (Lipinski definition) is 3. The molecule has 124 valence electrons. The maximum atomic E-state index is 12.6. The lowest BCUT2D eigenvalue weighted by Gasteiger charge is -2.24. The molecule has 0 spiro atoms. The predicted octanol–water partition coefficient (Wildman–Crippen LogP) is 2.59. The van der Waals surface area contributed by atoms with Crippen LogP contribution in [0.3, 0.4) is 0 Å². The van der Waals surface area contributed by atoms with Crippen LogP contribution in [0.4, 0.5) is 0 Å². The fourth-order valence-corrected chi connectivity index (χ4v) is 2.74. The normalized spacial score (nSPS) is 13.6. The summed E-state index contributed by atoms with van der Waals surface area (Å²) in [6, 6.07) is 14.2. The van der Waals surface area contributed by atoms with Gasteiger partial charge in [0, 0.05) is 5.56 Å². The Hall–Kier alpha value is -2.73. The molecule has 0 aliphatic carbocycles. The molecule has 1 heterocycles. The molecule has 0 unspecified atom stereocenters. The van der Waals surface area contributed by atoms with Gasteiger partial charge < -0.3 is 10.4 Å². The van der Waals surface area contributed by atoms with E-state index in [0.29, 0.717) is 23.0 Å². The van der Waals surface area contributed by atoms with E-state index in [-0.39, 0.29) is 11.9 Å². The number of H-pyrrole nitrogens is 1. The summed E-state index contributed by atoms with van der Waals surface area (Å²) >= 11 is 0. The van der Waals surface area contributed by atoms with E-state index >= 15 is 0 Å². The van der Waals surface area contributed by atoms with Crippen LogP contribution >= 0.6 is 0 Å². The van der Waals surface area contributed by atoms with Gasteiger partial charge in [-0.1, -0.05) is 43.7 Å². The molecule has 0 radical (unpaired) electrons. The molecule has 2 atom stereocenters. The Labute approximate surface area is 139 Å². The largest absolute Gasteiger partial charge is 0.386 e. The minimum atomic E-state index is -0.745. The van der Waals surface area contributed by atoms with Crippen molar-refractivity contribution in [3.05, 3.63) is 59.7 Å². The highest BCUT2D eigenvalue weighted by Crippen LogP contribution is 2.20. The van der Waals surface area contributed by atoms with Crippen molar-refractivity contribution in [1.29, 1.82) is 0 Å². The SMILES string of the molecule is CCC[C@H](NC(=O)c1ccc2n[nH]nc2c1)[C@H](O)c1ccccc1. The zero-order valence-electron chi connectivity index (χ0n) is 13.4. The second-order valence-corrected chi connectivity index (χ2v) is 5.75. The first-order chi connectivity index (χ1) is 11.7. The first-order valence-corrected chi connectivity index (χ1v) is 8.03. The third kappa shape index (κ3) is 3.44. The van der Waals surface area contributed by atoms with Gasteiger partial charge in [0.15, 0.2) is 0 Å². The Bertz CT molecular complexity index is 816. The zero-order valence-corrected chi connectivity index (χ0v) is 13.4. The number of rotatable bonds is 6. The summed E-state index contributed by atoms with van der Waals surface area (Å²) in [6.07, 6.45) is 0.802. The molecule has 0 bridgehead atoms. The number of fused-ring (bicyclic) bond motifs is 1. The van der Waals surface area contributed by atoms with E-state index in [1.807, 2.05) is 37.3 Å². The summed E-state index contributed by atoms with van der Waals surface area (Å²) < 4.78 is 0. The van der Waals surface area contributed by atoms with Crippen LogP contribution in [0.5, 0.6) is 0 Å². The number of hydrogen-bond acceptors (Lipinski definition) is 4. The highest BCUT2D eigenvalue weighted by atomic mass is 16.3. The zero-order chi connectivity index (χ0) is 16.9. The Morgan fingerprint density at radius 2 is 1.92 bits per heavy atom. The second-order valence-electron chi connectivity index (χ2n) is 5.75. The third-order valence-corrected chi connectivity index (χ3v) is 4.02. The molecular formula is C18H20N4O2. The summed E-state index contributed by atoms with van der Waals surface area (Å²) in [7, 11) is 0. The second kappa shape index (κ2) is 7.23. The number of carbonyl (C=O) groups is 1. The average Bonchev–Trinajstić information content (AvgIpc) is 3.09. The van der Waals surface area contributed by atoms with Gasteiger partial charge in [0.05, 0.1) is 12.1 Å². The predicted molar refractivity (Wildman–Crippen MR) is 91.5 cm³/mol. The minimum absolute atomic E-state index is 0.228. The van der Waals surface area contributed by atoms with E-state index in [2.05, 4.69) is 20.7 Å². The summed E-state index contributed by atoms with van der Waals surface area (Å²) in [6.45, 7) is 2.03. The monoisotopic (exact) mass is 324 g/mol. The van der Waals surface area contributed by atoms with Crippen molar-refractivity contribution in [1.82, 2.24) is 20.7 Å². The van der Waals surface area contributed by atoms with Crippen LogP contribution in [0.15, 0.2) is 48.5 Å². The standard InChI is InChI=1S/C18H20N4O2/c1-2-6-15(17(23)12-7-4-3-5-8-12)19-18(24)13-9-10-14-16(11-13)21-22-20-14/h3-5,7-11,15,17,23H,2,6H2,1H3,(H,19,24)(H,20,21,22)/t15-,17+/m0/s1. The van der Waals surface area contributed by atoms with E-state index in [1.54, 1.807) is 18.2 Å². The lowest BCUT2D eigenvalue weighted by molar-refractivity contribution is 0.0820. The Morgan fingerprint density at radius 3 is 2.67 bits per heavy atom. The van der Waals surface area contributed by atoms with Gasteiger partial charge in [-0.15, -0.1) is 0 Å². The topological polar surface area (TPSA) is 90.9 Å². The van der Waals surface area contributed by atoms with Crippen molar-refractivity contribution in [3.8, 4) is 0 Å². The molecule has 2 aromatic carbocycles. The fourth-order valence-electron chi connectivity index (χ4n) is 2.74. The van der Waals surface area contributed by atoms with Crippen molar-refractivity contribution >= 4 is 16.9 Å². The molecule has 0 saturated heterocycles. The number of benzene rings is 2. The maximum Gasteiger partial charge on any atom is 0.251 e. The number of aromatic amines is 1. The van der Waals surface area contributed by atoms with E-state index in [9.17, 15) is 9.90 Å². The quantitative estimate of drug-likeness (QED) is 0.650. The Balaban J connectivity index is 1.78. The van der Waals surface area contributed by atoms with Crippen LogP contribution in [0.25, 0.3) is 11.0 Å². The molecule has 1 aromatic heterocycles. The number of aliphatic hydroxyl groups is 1. The number of carbonyl (C=O) groups excluding carboxylic acids is 1. The number of aromatic nitrogens is 3. The van der Waals surface area contributed by atoms with Gasteiger partial charge in [-0.2, -0.15) is 15.4 Å². The first kappa shape index (κ1) is 16.1. The Morgan fingerprint density at radius 1 is 1.17 bits per heavy atom. The van der Waals surface area contributed by atoms with Crippen LogP contribution in [0.2, 0.25) is 0 Å². The average molecular weight is 324 g/mol. The summed E-state index contributed by atoms with van der Waals surface area (Å²) in [5.41, 5.74) is 2.64. The third-order valence-electron chi connectivity index (χ3n) is 4.02. The van der Waals surface area contributed by atoms with Gasteiger partial charge in [-0.25, -0.2) is 0 Å². The van der Waals surface area contributed by atoms with Crippen LogP contribution in [0.1, 0.15) is 41.8 Å². The maximum absolute atomic E-state index is 12.6. The highest BCUT2D eigenvalue weighted by molar-refractivity contribution is 5.97. The smallest absolute Gasteiger partial charge is 0.251 e. The fraction of sp³-hybridized carbons (Fsp3) is 0.278. The molecule has 3 N–H and O–H groups in total. The van der Waals surface area contributed by atoms with Gasteiger partial charge in [0.2, 0.25) is 0 Å². The van der Waals surface area contributed by atoms with Crippen LogP contribution in [-0.4, -0.2) is 32.5 Å². The molecule has 0 aliphatic rings. The van der Waals surface area contributed by atoms with Crippen molar-refractivity contribution in [2.24, 2.45) is 0 Å². The molecule has 6 nitrogen and oxygen atoms in total. The van der Waals surface area contributed by atoms with Gasteiger partial charge in [0.25, 0.3) is 5.91 Å². The van der Waals surface area contributed by atoms with Crippen LogP contribution in [0, 0.1) is 0 Å². The molecule has 0 fully saturated rings. The van der Waals surface area contributed by atoms with E-state index < -0.39 is 6.10 Å². The lowest BCUT2D eigenvalue weighted by atomic mass is 9.98. The summed E-state index contributed by atoms with van der Waals surface area (Å²) in [4.78, 5) is 12.6. The van der Waals surface area contributed by atoms with Gasteiger partial charge in [-0.3, -0.25) is 4.79 Å². The van der Waals surface area contributed by atoms with E-state index in [1.165, 1.54) is 0 Å². The molecule has 3 rings (SSSR count). The van der Waals surface area contributed by atoms with Crippen LogP contribution in [-0.2, 0) is 0 Å². The summed E-state index contributed by atoms with van der Waals surface area (Å²) in [5.74, 6) is -0.228. The van der Waals surface area contributed by atoms with Crippen molar-refractivity contribution < 1.29 is 9.90 Å². The number of aliphatic hydroxyl groups excluding tert-OH is 1. The molecule has 0 aliphatic heterocycles. The van der Waals surface area contributed by atoms with Gasteiger partial charge in [0.1, 0.15) is 11.0 Å². The summed E-state index contributed by atoms with van der Waals surface area (Å²) in [5, 5.41) is 24.0. The van der Waals surface area contributed by atoms with E-state index in [0.717, 1.165) is 12.0 Å². The van der Waals surface area contributed by atoms with Crippen molar-refractivity contribution in [3.63, 3.8) is 0 Å². The Kier molecular flexibility index (Phi) is 4.86. The molecule has 6 heteroatoms. The van der Waals surface area contributed by atoms with E-state index in [4.69, 9.17) is 0 Å². The first-order valence-electron chi connectivity index (χ1n) is 8.03. The minimum Gasteiger partial charge on any atom is -0.386 e. The molecule has 3 aromatic rings. The van der Waals surface area contributed by atoms with Crippen molar-refractivity contribution in [2.75, 3.05) is 0 Å². The van der Waals surface area contributed by atoms with Gasteiger partial charge >= 0.3 is 0 Å². The molecular weight excluding hydrogens is 304 g/mol. The number of nitrogens with one attached hydrogen (secondary N) is 2. The molecule has 1 amide bonds. The highest BCUT2D eigenvalue weighted by Gasteiger charge is 2.22. The lowest BCUT2D eigenvalue weighted by Crippen LogP contribution is -2.39. The number of nitrogens with zero attached hydrogens (tertiary/aromatic N) is 2. The van der Waals surface area contributed by atoms with Crippen LogP contribution < -0.4 is 5.32 Å². The molecule has 0 saturated carbocycles. The molecule has 24 heavy (non-hydrogen) atoms. The van der Waals surface area contributed by atoms with Crippen molar-refractivity contribution in [2.45, 2.75) is 31.9 Å².